The van der Waals surface area contributed by atoms with Gasteiger partial charge in [-0.1, -0.05) is 28.1 Å². The molecule has 0 aliphatic carbocycles. The molecule has 0 aliphatic heterocycles. The van der Waals surface area contributed by atoms with E-state index in [-0.39, 0.29) is 6.42 Å². The molecule has 1 unspecified atom stereocenters. The number of hydrogen-bond donors (Lipinski definition) is 0. The minimum Gasteiger partial charge on any atom is -0.241 e. The first-order chi connectivity index (χ1) is 7.47. The van der Waals surface area contributed by atoms with Crippen LogP contribution in [0.15, 0.2) is 24.3 Å². The molecule has 0 spiro atoms. The summed E-state index contributed by atoms with van der Waals surface area (Å²) in [7, 11) is 0. The van der Waals surface area contributed by atoms with Crippen molar-refractivity contribution >= 4 is 37.5 Å². The molecule has 0 saturated heterocycles. The Bertz CT molecular complexity index is 461. The van der Waals surface area contributed by atoms with Crippen molar-refractivity contribution in [2.24, 2.45) is 0 Å². The minimum atomic E-state index is -4.22. The molecule has 0 radical (unpaired) electrons. The Morgan fingerprint density at radius 2 is 2.00 bits per heavy atom. The molecule has 0 saturated carbocycles. The molecule has 0 N–H and O–H groups in total. The van der Waals surface area contributed by atoms with Crippen LogP contribution in [0.3, 0.4) is 0 Å². The van der Waals surface area contributed by atoms with Crippen molar-refractivity contribution in [1.82, 2.24) is 4.98 Å². The maximum atomic E-state index is 12.3. The molecule has 86 valence electrons. The zero-order valence-corrected chi connectivity index (χ0v) is 10.4. The molecule has 1 nitrogen and oxygen atoms in total. The highest BCUT2D eigenvalue weighted by molar-refractivity contribution is 9.09. The van der Waals surface area contributed by atoms with Gasteiger partial charge in [0.2, 0.25) is 0 Å². The molecule has 2 aromatic rings. The van der Waals surface area contributed by atoms with E-state index in [0.29, 0.717) is 5.01 Å². The van der Waals surface area contributed by atoms with Crippen molar-refractivity contribution in [3.63, 3.8) is 0 Å². The summed E-state index contributed by atoms with van der Waals surface area (Å²) in [5.74, 6) is 0. The van der Waals surface area contributed by atoms with Crippen LogP contribution in [0.25, 0.3) is 10.2 Å². The van der Waals surface area contributed by atoms with Crippen molar-refractivity contribution in [2.45, 2.75) is 17.4 Å². The average Bonchev–Trinajstić information content (AvgIpc) is 2.58. The Morgan fingerprint density at radius 1 is 1.31 bits per heavy atom. The second kappa shape index (κ2) is 4.33. The van der Waals surface area contributed by atoms with Gasteiger partial charge in [0.15, 0.2) is 0 Å². The quantitative estimate of drug-likeness (QED) is 0.759. The molecular weight excluding hydrogens is 303 g/mol. The van der Waals surface area contributed by atoms with E-state index in [9.17, 15) is 13.2 Å². The van der Waals surface area contributed by atoms with Crippen molar-refractivity contribution in [2.75, 3.05) is 0 Å². The van der Waals surface area contributed by atoms with Crippen LogP contribution in [-0.2, 0) is 6.42 Å². The van der Waals surface area contributed by atoms with Crippen LogP contribution in [0.5, 0.6) is 0 Å². The summed E-state index contributed by atoms with van der Waals surface area (Å²) >= 11 is 3.93. The predicted octanol–water partition coefficient (Wildman–Crippen LogP) is 4.16. The van der Waals surface area contributed by atoms with E-state index in [1.54, 1.807) is 6.07 Å². The topological polar surface area (TPSA) is 12.9 Å². The Balaban J connectivity index is 2.22. The minimum absolute atomic E-state index is 0.122. The van der Waals surface area contributed by atoms with Gasteiger partial charge >= 0.3 is 6.18 Å². The van der Waals surface area contributed by atoms with Gasteiger partial charge in [-0.25, -0.2) is 4.98 Å². The molecule has 6 heteroatoms. The molecule has 2 rings (SSSR count). The number of aromatic nitrogens is 1. The largest absolute Gasteiger partial charge is 0.401 e. The number of benzene rings is 1. The highest BCUT2D eigenvalue weighted by Crippen LogP contribution is 2.31. The SMILES string of the molecule is FC(F)(F)C(Br)Cc1nc2ccccc2s1. The van der Waals surface area contributed by atoms with E-state index in [2.05, 4.69) is 20.9 Å². The van der Waals surface area contributed by atoms with Gasteiger partial charge < -0.3 is 0 Å². The number of rotatable bonds is 2. The standard InChI is InChI=1S/C10H7BrF3NS/c11-8(10(12,13)14)5-9-15-6-3-1-2-4-7(6)16-9/h1-4,8H,5H2. The van der Waals surface area contributed by atoms with Gasteiger partial charge in [0.25, 0.3) is 0 Å². The summed E-state index contributed by atoms with van der Waals surface area (Å²) in [6.45, 7) is 0. The average molecular weight is 310 g/mol. The molecule has 16 heavy (non-hydrogen) atoms. The van der Waals surface area contributed by atoms with Crippen LogP contribution in [0.4, 0.5) is 13.2 Å². The number of thiazole rings is 1. The Labute approximate surface area is 102 Å². The molecular formula is C10H7BrF3NS. The van der Waals surface area contributed by atoms with Gasteiger partial charge in [-0.15, -0.1) is 11.3 Å². The van der Waals surface area contributed by atoms with Gasteiger partial charge in [-0.05, 0) is 12.1 Å². The lowest BCUT2D eigenvalue weighted by Crippen LogP contribution is -2.24. The summed E-state index contributed by atoms with van der Waals surface area (Å²) in [6, 6.07) is 7.32. The normalized spacial score (nSPS) is 14.2. The maximum absolute atomic E-state index is 12.3. The fourth-order valence-corrected chi connectivity index (χ4v) is 2.81. The van der Waals surface area contributed by atoms with Gasteiger partial charge in [0.05, 0.1) is 15.2 Å². The van der Waals surface area contributed by atoms with E-state index in [0.717, 1.165) is 10.2 Å². The van der Waals surface area contributed by atoms with Crippen LogP contribution in [0.1, 0.15) is 5.01 Å². The van der Waals surface area contributed by atoms with E-state index >= 15 is 0 Å². The van der Waals surface area contributed by atoms with Crippen molar-refractivity contribution in [1.29, 1.82) is 0 Å². The third-order valence-corrected chi connectivity index (χ3v) is 3.95. The summed E-state index contributed by atoms with van der Waals surface area (Å²) in [4.78, 5) is 2.63. The predicted molar refractivity (Wildman–Crippen MR) is 62.1 cm³/mol. The summed E-state index contributed by atoms with van der Waals surface area (Å²) in [6.07, 6.45) is -4.35. The lowest BCUT2D eigenvalue weighted by Gasteiger charge is -2.11. The molecule has 0 bridgehead atoms. The van der Waals surface area contributed by atoms with Crippen LogP contribution in [0.2, 0.25) is 0 Å². The van der Waals surface area contributed by atoms with Gasteiger partial charge in [-0.2, -0.15) is 13.2 Å². The van der Waals surface area contributed by atoms with E-state index in [1.807, 2.05) is 18.2 Å². The Hall–Kier alpha value is -0.620. The number of halogens is 4. The van der Waals surface area contributed by atoms with E-state index < -0.39 is 11.0 Å². The van der Waals surface area contributed by atoms with Crippen LogP contribution in [0, 0.1) is 0 Å². The molecule has 0 fully saturated rings. The lowest BCUT2D eigenvalue weighted by atomic mass is 10.3. The Morgan fingerprint density at radius 3 is 2.62 bits per heavy atom. The number of hydrogen-bond acceptors (Lipinski definition) is 2. The molecule has 1 atom stereocenters. The zero-order chi connectivity index (χ0) is 11.8. The summed E-state index contributed by atoms with van der Waals surface area (Å²) in [5.41, 5.74) is 0.754. The molecule has 0 aliphatic rings. The van der Waals surface area contributed by atoms with Gasteiger partial charge in [0.1, 0.15) is 4.83 Å². The third-order valence-electron chi connectivity index (χ3n) is 2.05. The molecule has 0 amide bonds. The van der Waals surface area contributed by atoms with Crippen LogP contribution in [-0.4, -0.2) is 16.0 Å². The first-order valence-electron chi connectivity index (χ1n) is 4.52. The fraction of sp³-hybridized carbons (Fsp3) is 0.300. The first kappa shape index (κ1) is 11.9. The number of alkyl halides is 4. The van der Waals surface area contributed by atoms with Crippen molar-refractivity contribution in [3.05, 3.63) is 29.3 Å². The number of fused-ring (bicyclic) bond motifs is 1. The molecule has 1 heterocycles. The second-order valence-corrected chi connectivity index (χ2v) is 5.51. The summed E-state index contributed by atoms with van der Waals surface area (Å²) in [5, 5.41) is 0.500. The molecule has 1 aromatic heterocycles. The summed E-state index contributed by atoms with van der Waals surface area (Å²) < 4.78 is 37.9. The van der Waals surface area contributed by atoms with Gasteiger partial charge in [0, 0.05) is 6.42 Å². The third kappa shape index (κ3) is 2.55. The van der Waals surface area contributed by atoms with Crippen LogP contribution < -0.4 is 0 Å². The molecule has 1 aromatic carbocycles. The monoisotopic (exact) mass is 309 g/mol. The lowest BCUT2D eigenvalue weighted by molar-refractivity contribution is -0.126. The van der Waals surface area contributed by atoms with E-state index in [4.69, 9.17) is 0 Å². The highest BCUT2D eigenvalue weighted by Gasteiger charge is 2.38. The van der Waals surface area contributed by atoms with Crippen LogP contribution >= 0.6 is 27.3 Å². The first-order valence-corrected chi connectivity index (χ1v) is 6.25. The number of para-hydroxylation sites is 1. The van der Waals surface area contributed by atoms with Crippen molar-refractivity contribution in [3.8, 4) is 0 Å². The second-order valence-electron chi connectivity index (χ2n) is 3.29. The maximum Gasteiger partial charge on any atom is 0.401 e. The zero-order valence-electron chi connectivity index (χ0n) is 7.96. The smallest absolute Gasteiger partial charge is 0.241 e. The van der Waals surface area contributed by atoms with Gasteiger partial charge in [-0.3, -0.25) is 0 Å². The fourth-order valence-electron chi connectivity index (χ4n) is 1.28. The van der Waals surface area contributed by atoms with Crippen molar-refractivity contribution < 1.29 is 13.2 Å². The Kier molecular flexibility index (Phi) is 3.21. The van der Waals surface area contributed by atoms with E-state index in [1.165, 1.54) is 11.3 Å². The number of nitrogens with zero attached hydrogens (tertiary/aromatic N) is 1. The highest BCUT2D eigenvalue weighted by atomic mass is 79.9.